The molecule has 156 valence electrons. The summed E-state index contributed by atoms with van der Waals surface area (Å²) < 4.78 is 5.57. The fourth-order valence-electron chi connectivity index (χ4n) is 5.02. The minimum atomic E-state index is 0.205. The first kappa shape index (κ1) is 20.4. The third kappa shape index (κ3) is 5.80. The van der Waals surface area contributed by atoms with E-state index in [0.29, 0.717) is 18.9 Å². The van der Waals surface area contributed by atoms with E-state index in [4.69, 9.17) is 4.74 Å². The number of carbonyl (C=O) groups excluding carboxylic acids is 1. The molecule has 1 aliphatic carbocycles. The van der Waals surface area contributed by atoms with Crippen molar-refractivity contribution >= 4 is 17.2 Å². The lowest BCUT2D eigenvalue weighted by Crippen LogP contribution is -2.34. The van der Waals surface area contributed by atoms with Crippen LogP contribution in [0.1, 0.15) is 79.9 Å². The smallest absolute Gasteiger partial charge is 0.220 e. The molecule has 3 fully saturated rings. The highest BCUT2D eigenvalue weighted by atomic mass is 32.1. The molecule has 2 aliphatic heterocycles. The first-order valence-electron chi connectivity index (χ1n) is 11.5. The monoisotopic (exact) mass is 404 g/mol. The van der Waals surface area contributed by atoms with Gasteiger partial charge in [0.25, 0.3) is 0 Å². The molecule has 3 aliphatic rings. The van der Waals surface area contributed by atoms with Crippen LogP contribution in [0.25, 0.3) is 0 Å². The molecule has 1 amide bonds. The maximum absolute atomic E-state index is 12.1. The summed E-state index contributed by atoms with van der Waals surface area (Å²) in [5.41, 5.74) is 0. The molecule has 4 nitrogen and oxygen atoms in total. The molecular formula is C23H36N2O2S. The number of likely N-dealkylation sites (tertiary alicyclic amines) is 1. The number of thiophene rings is 1. The molecule has 0 unspecified atom stereocenters. The minimum Gasteiger partial charge on any atom is -0.376 e. The van der Waals surface area contributed by atoms with E-state index in [1.807, 2.05) is 11.3 Å². The second kappa shape index (κ2) is 10.2. The third-order valence-corrected chi connectivity index (χ3v) is 8.09. The second-order valence-electron chi connectivity index (χ2n) is 8.98. The summed E-state index contributed by atoms with van der Waals surface area (Å²) in [6.45, 7) is 5.02. The maximum atomic E-state index is 12.1. The number of rotatable bonds is 8. The van der Waals surface area contributed by atoms with Crippen molar-refractivity contribution < 1.29 is 9.53 Å². The van der Waals surface area contributed by atoms with Crippen molar-refractivity contribution in [2.24, 2.45) is 5.92 Å². The fourth-order valence-corrected chi connectivity index (χ4v) is 6.24. The Bertz CT molecular complexity index is 612. The maximum Gasteiger partial charge on any atom is 0.220 e. The second-order valence-corrected chi connectivity index (χ2v) is 10.2. The Labute approximate surface area is 174 Å². The minimum absolute atomic E-state index is 0.205. The van der Waals surface area contributed by atoms with E-state index >= 15 is 0 Å². The van der Waals surface area contributed by atoms with Gasteiger partial charge in [-0.3, -0.25) is 9.69 Å². The van der Waals surface area contributed by atoms with Crippen LogP contribution in [0.4, 0.5) is 0 Å². The zero-order valence-electron chi connectivity index (χ0n) is 17.2. The van der Waals surface area contributed by atoms with Gasteiger partial charge in [-0.25, -0.2) is 0 Å². The largest absolute Gasteiger partial charge is 0.376 e. The van der Waals surface area contributed by atoms with Crippen LogP contribution in [0.2, 0.25) is 0 Å². The zero-order chi connectivity index (χ0) is 19.2. The highest BCUT2D eigenvalue weighted by Crippen LogP contribution is 2.38. The number of nitrogens with one attached hydrogen (secondary N) is 1. The third-order valence-electron chi connectivity index (χ3n) is 6.86. The summed E-state index contributed by atoms with van der Waals surface area (Å²) in [6, 6.07) is 4.75. The van der Waals surface area contributed by atoms with Gasteiger partial charge < -0.3 is 10.1 Å². The van der Waals surface area contributed by atoms with Crippen LogP contribution in [0.3, 0.4) is 0 Å². The molecular weight excluding hydrogens is 368 g/mol. The highest BCUT2D eigenvalue weighted by Gasteiger charge is 2.22. The molecule has 0 bridgehead atoms. The van der Waals surface area contributed by atoms with Gasteiger partial charge in [0.1, 0.15) is 0 Å². The quantitative estimate of drug-likeness (QED) is 0.683. The number of ether oxygens (including phenoxy) is 1. The van der Waals surface area contributed by atoms with Crippen LogP contribution >= 0.6 is 11.3 Å². The summed E-state index contributed by atoms with van der Waals surface area (Å²) in [5.74, 6) is 1.76. The van der Waals surface area contributed by atoms with Crippen molar-refractivity contribution in [2.75, 3.05) is 26.2 Å². The number of piperidine rings is 1. The lowest BCUT2D eigenvalue weighted by atomic mass is 9.92. The lowest BCUT2D eigenvalue weighted by molar-refractivity contribution is -0.122. The van der Waals surface area contributed by atoms with E-state index in [0.717, 1.165) is 38.3 Å². The highest BCUT2D eigenvalue weighted by molar-refractivity contribution is 7.12. The van der Waals surface area contributed by atoms with E-state index in [1.165, 1.54) is 56.5 Å². The number of amides is 1. The van der Waals surface area contributed by atoms with Crippen molar-refractivity contribution in [2.45, 2.75) is 82.8 Å². The molecule has 4 rings (SSSR count). The van der Waals surface area contributed by atoms with Crippen LogP contribution in [-0.4, -0.2) is 43.2 Å². The van der Waals surface area contributed by atoms with Gasteiger partial charge in [0, 0.05) is 35.9 Å². The van der Waals surface area contributed by atoms with Crippen molar-refractivity contribution in [3.05, 3.63) is 21.9 Å². The van der Waals surface area contributed by atoms with Crippen LogP contribution in [0, 0.1) is 5.92 Å². The van der Waals surface area contributed by atoms with E-state index in [-0.39, 0.29) is 12.0 Å². The Morgan fingerprint density at radius 1 is 1.11 bits per heavy atom. The van der Waals surface area contributed by atoms with E-state index in [2.05, 4.69) is 22.3 Å². The Morgan fingerprint density at radius 3 is 2.68 bits per heavy atom. The van der Waals surface area contributed by atoms with Crippen molar-refractivity contribution in [3.63, 3.8) is 0 Å². The van der Waals surface area contributed by atoms with Crippen LogP contribution in [0.15, 0.2) is 12.1 Å². The van der Waals surface area contributed by atoms with Gasteiger partial charge in [0.15, 0.2) is 0 Å². The van der Waals surface area contributed by atoms with Crippen molar-refractivity contribution in [1.29, 1.82) is 0 Å². The molecule has 2 saturated heterocycles. The molecule has 0 radical (unpaired) electrons. The van der Waals surface area contributed by atoms with E-state index in [1.54, 1.807) is 4.88 Å². The first-order chi connectivity index (χ1) is 13.8. The number of nitrogens with zero attached hydrogens (tertiary/aromatic N) is 1. The molecule has 0 aromatic carbocycles. The fraction of sp³-hybridized carbons (Fsp3) is 0.783. The summed E-state index contributed by atoms with van der Waals surface area (Å²) in [6.07, 6.45) is 12.3. The topological polar surface area (TPSA) is 41.6 Å². The van der Waals surface area contributed by atoms with Gasteiger partial charge in [-0.2, -0.15) is 0 Å². The summed E-state index contributed by atoms with van der Waals surface area (Å²) in [7, 11) is 0. The summed E-state index contributed by atoms with van der Waals surface area (Å²) in [4.78, 5) is 17.9. The van der Waals surface area contributed by atoms with Crippen molar-refractivity contribution in [3.8, 4) is 0 Å². The Hall–Kier alpha value is -0.910. The van der Waals surface area contributed by atoms with Gasteiger partial charge >= 0.3 is 0 Å². The molecule has 1 saturated carbocycles. The zero-order valence-corrected chi connectivity index (χ0v) is 18.0. The Morgan fingerprint density at radius 2 is 1.93 bits per heavy atom. The Balaban J connectivity index is 1.11. The van der Waals surface area contributed by atoms with Crippen LogP contribution in [-0.2, 0) is 16.1 Å². The standard InChI is InChI=1S/C23H36N2O2S/c26-23(24-16-20-6-3-15-27-20)10-7-18-11-13-25(14-12-18)17-21-8-9-22(28-21)19-4-1-2-5-19/h8-9,18-20H,1-7,10-17H2,(H,24,26)/t20-/m1/s1. The first-order valence-corrected chi connectivity index (χ1v) is 12.3. The van der Waals surface area contributed by atoms with Gasteiger partial charge in [0.2, 0.25) is 5.91 Å². The predicted molar refractivity (Wildman–Crippen MR) is 115 cm³/mol. The Kier molecular flexibility index (Phi) is 7.43. The molecule has 1 N–H and O–H groups in total. The molecule has 1 aromatic heterocycles. The average molecular weight is 405 g/mol. The molecule has 3 heterocycles. The lowest BCUT2D eigenvalue weighted by Gasteiger charge is -2.31. The number of hydrogen-bond donors (Lipinski definition) is 1. The summed E-state index contributed by atoms with van der Waals surface area (Å²) in [5, 5.41) is 3.06. The molecule has 1 aromatic rings. The van der Waals surface area contributed by atoms with Gasteiger partial charge in [0.05, 0.1) is 6.10 Å². The number of hydrogen-bond acceptors (Lipinski definition) is 4. The molecule has 0 spiro atoms. The van der Waals surface area contributed by atoms with Crippen LogP contribution < -0.4 is 5.32 Å². The summed E-state index contributed by atoms with van der Waals surface area (Å²) >= 11 is 2.05. The molecule has 28 heavy (non-hydrogen) atoms. The van der Waals surface area contributed by atoms with E-state index < -0.39 is 0 Å². The normalized spacial score (nSPS) is 24.8. The van der Waals surface area contributed by atoms with Gasteiger partial charge in [-0.05, 0) is 82.0 Å². The average Bonchev–Trinajstić information content (AvgIpc) is 3.48. The SMILES string of the molecule is O=C(CCC1CCN(Cc2ccc(C3CCCC3)s2)CC1)NC[C@H]1CCCO1. The van der Waals surface area contributed by atoms with Gasteiger partial charge in [-0.15, -0.1) is 11.3 Å². The van der Waals surface area contributed by atoms with Gasteiger partial charge in [-0.1, -0.05) is 12.8 Å². The van der Waals surface area contributed by atoms with Crippen molar-refractivity contribution in [1.82, 2.24) is 10.2 Å². The predicted octanol–water partition coefficient (Wildman–Crippen LogP) is 4.69. The number of carbonyl (C=O) groups is 1. The molecule has 1 atom stereocenters. The molecule has 5 heteroatoms. The van der Waals surface area contributed by atoms with E-state index in [9.17, 15) is 4.79 Å². The van der Waals surface area contributed by atoms with Crippen LogP contribution in [0.5, 0.6) is 0 Å².